The normalized spacial score (nSPS) is 12.7. The Hall–Kier alpha value is -0.820. The van der Waals surface area contributed by atoms with Gasteiger partial charge >= 0.3 is 0 Å². The van der Waals surface area contributed by atoms with E-state index in [1.165, 1.54) is 0 Å². The lowest BCUT2D eigenvalue weighted by Crippen LogP contribution is -2.14. The van der Waals surface area contributed by atoms with E-state index in [0.717, 1.165) is 15.0 Å². The van der Waals surface area contributed by atoms with Crippen LogP contribution in [0.4, 0.5) is 0 Å². The van der Waals surface area contributed by atoms with E-state index in [2.05, 4.69) is 25.9 Å². The van der Waals surface area contributed by atoms with E-state index in [1.54, 1.807) is 17.5 Å². The predicted octanol–water partition coefficient (Wildman–Crippen LogP) is 1.96. The first-order valence-corrected chi connectivity index (χ1v) is 6.33. The van der Waals surface area contributed by atoms with Crippen LogP contribution in [-0.4, -0.2) is 21.6 Å². The Bertz CT molecular complexity index is 488. The minimum Gasteiger partial charge on any atom is -0.384 e. The molecule has 0 saturated carbocycles. The average Bonchev–Trinajstić information content (AvgIpc) is 2.75. The van der Waals surface area contributed by atoms with Gasteiger partial charge in [-0.3, -0.25) is 0 Å². The summed E-state index contributed by atoms with van der Waals surface area (Å²) in [6.45, 7) is 0.123. The number of nitrogens with two attached hydrogens (primary N) is 1. The van der Waals surface area contributed by atoms with Crippen LogP contribution in [-0.2, 0) is 0 Å². The summed E-state index contributed by atoms with van der Waals surface area (Å²) in [6.07, 6.45) is 0.827. The van der Waals surface area contributed by atoms with Crippen LogP contribution in [0.2, 0.25) is 0 Å². The topological polar surface area (TPSA) is 72.0 Å². The van der Waals surface area contributed by atoms with Crippen molar-refractivity contribution in [1.29, 1.82) is 0 Å². The maximum atomic E-state index is 9.55. The summed E-state index contributed by atoms with van der Waals surface area (Å²) < 4.78 is 1.02. The van der Waals surface area contributed by atoms with Crippen LogP contribution in [0, 0.1) is 0 Å². The highest BCUT2D eigenvalue weighted by Crippen LogP contribution is 2.28. The SMILES string of the molecule is NCC(O)c1nccc(-c2cc(Br)cs2)n1. The average molecular weight is 300 g/mol. The smallest absolute Gasteiger partial charge is 0.158 e. The second-order valence-electron chi connectivity index (χ2n) is 3.18. The zero-order chi connectivity index (χ0) is 11.5. The Balaban J connectivity index is 2.36. The second-order valence-corrected chi connectivity index (χ2v) is 5.01. The Morgan fingerprint density at radius 1 is 1.56 bits per heavy atom. The zero-order valence-corrected chi connectivity index (χ0v) is 10.7. The third-order valence-electron chi connectivity index (χ3n) is 2.02. The van der Waals surface area contributed by atoms with Gasteiger partial charge in [-0.2, -0.15) is 0 Å². The molecule has 0 radical (unpaired) electrons. The van der Waals surface area contributed by atoms with E-state index in [4.69, 9.17) is 5.73 Å². The molecule has 0 saturated heterocycles. The van der Waals surface area contributed by atoms with Gasteiger partial charge in [0.1, 0.15) is 6.10 Å². The second kappa shape index (κ2) is 5.01. The van der Waals surface area contributed by atoms with Crippen molar-refractivity contribution < 1.29 is 5.11 Å². The summed E-state index contributed by atoms with van der Waals surface area (Å²) in [4.78, 5) is 9.30. The first-order chi connectivity index (χ1) is 7.70. The van der Waals surface area contributed by atoms with Gasteiger partial charge in [0.15, 0.2) is 5.82 Å². The van der Waals surface area contributed by atoms with E-state index >= 15 is 0 Å². The first-order valence-electron chi connectivity index (χ1n) is 4.66. The lowest BCUT2D eigenvalue weighted by atomic mass is 10.3. The first kappa shape index (κ1) is 11.7. The van der Waals surface area contributed by atoms with Gasteiger partial charge in [0.05, 0.1) is 10.6 Å². The van der Waals surface area contributed by atoms with E-state index in [0.29, 0.717) is 5.82 Å². The fraction of sp³-hybridized carbons (Fsp3) is 0.200. The summed E-state index contributed by atoms with van der Waals surface area (Å²) in [5.74, 6) is 0.365. The number of aliphatic hydroxyl groups is 1. The number of aliphatic hydroxyl groups excluding tert-OH is 1. The highest BCUT2D eigenvalue weighted by molar-refractivity contribution is 9.10. The molecule has 4 nitrogen and oxygen atoms in total. The molecule has 0 spiro atoms. The quantitative estimate of drug-likeness (QED) is 0.909. The highest BCUT2D eigenvalue weighted by atomic mass is 79.9. The van der Waals surface area contributed by atoms with Gasteiger partial charge in [-0.1, -0.05) is 0 Å². The largest absolute Gasteiger partial charge is 0.384 e. The molecular weight excluding hydrogens is 290 g/mol. The molecule has 0 fully saturated rings. The predicted molar refractivity (Wildman–Crippen MR) is 67.1 cm³/mol. The molecule has 0 bridgehead atoms. The van der Waals surface area contributed by atoms with Crippen LogP contribution < -0.4 is 5.73 Å². The van der Waals surface area contributed by atoms with Crippen LogP contribution in [0.25, 0.3) is 10.6 Å². The molecule has 3 N–H and O–H groups in total. The van der Waals surface area contributed by atoms with Crippen molar-refractivity contribution in [2.75, 3.05) is 6.54 Å². The van der Waals surface area contributed by atoms with Crippen molar-refractivity contribution in [1.82, 2.24) is 9.97 Å². The van der Waals surface area contributed by atoms with Crippen LogP contribution in [0.3, 0.4) is 0 Å². The van der Waals surface area contributed by atoms with E-state index in [1.807, 2.05) is 17.5 Å². The number of nitrogens with zero attached hydrogens (tertiary/aromatic N) is 2. The number of halogens is 1. The Morgan fingerprint density at radius 2 is 2.38 bits per heavy atom. The monoisotopic (exact) mass is 299 g/mol. The molecule has 0 aliphatic rings. The fourth-order valence-electron chi connectivity index (χ4n) is 1.22. The molecule has 2 heterocycles. The molecule has 0 amide bonds. The van der Waals surface area contributed by atoms with Crippen LogP contribution in [0.5, 0.6) is 0 Å². The maximum Gasteiger partial charge on any atom is 0.158 e. The molecule has 0 aliphatic heterocycles. The van der Waals surface area contributed by atoms with Crippen LogP contribution in [0.15, 0.2) is 28.2 Å². The van der Waals surface area contributed by atoms with Crippen molar-refractivity contribution in [3.63, 3.8) is 0 Å². The number of rotatable bonds is 3. The lowest BCUT2D eigenvalue weighted by Gasteiger charge is -2.06. The number of hydrogen-bond donors (Lipinski definition) is 2. The van der Waals surface area contributed by atoms with Crippen molar-refractivity contribution >= 4 is 27.3 Å². The maximum absolute atomic E-state index is 9.55. The summed E-state index contributed by atoms with van der Waals surface area (Å²) in [7, 11) is 0. The number of thiophene rings is 1. The Labute approximate surface area is 105 Å². The van der Waals surface area contributed by atoms with Gasteiger partial charge in [-0.15, -0.1) is 11.3 Å². The molecule has 2 aromatic heterocycles. The molecule has 16 heavy (non-hydrogen) atoms. The molecule has 1 unspecified atom stereocenters. The van der Waals surface area contributed by atoms with Gasteiger partial charge in [0, 0.05) is 22.6 Å². The fourth-order valence-corrected chi connectivity index (χ4v) is 2.62. The number of aromatic nitrogens is 2. The molecule has 84 valence electrons. The highest BCUT2D eigenvalue weighted by Gasteiger charge is 2.10. The van der Waals surface area contributed by atoms with E-state index in [9.17, 15) is 5.11 Å². The zero-order valence-electron chi connectivity index (χ0n) is 8.30. The van der Waals surface area contributed by atoms with Crippen molar-refractivity contribution in [3.8, 4) is 10.6 Å². The van der Waals surface area contributed by atoms with Crippen molar-refractivity contribution in [2.24, 2.45) is 5.73 Å². The van der Waals surface area contributed by atoms with Crippen LogP contribution >= 0.6 is 27.3 Å². The third kappa shape index (κ3) is 2.46. The minimum atomic E-state index is -0.802. The molecule has 2 rings (SSSR count). The van der Waals surface area contributed by atoms with Crippen LogP contribution in [0.1, 0.15) is 11.9 Å². The minimum absolute atomic E-state index is 0.123. The van der Waals surface area contributed by atoms with Gasteiger partial charge in [-0.25, -0.2) is 9.97 Å². The standard InChI is InChI=1S/C10H10BrN3OS/c11-6-3-9(16-5-6)7-1-2-13-10(14-7)8(15)4-12/h1-3,5,8,15H,4,12H2. The molecular formula is C10H10BrN3OS. The number of hydrogen-bond acceptors (Lipinski definition) is 5. The van der Waals surface area contributed by atoms with E-state index in [-0.39, 0.29) is 6.54 Å². The summed E-state index contributed by atoms with van der Waals surface area (Å²) in [6, 6.07) is 3.79. The van der Waals surface area contributed by atoms with Crippen molar-refractivity contribution in [3.05, 3.63) is 34.0 Å². The third-order valence-corrected chi connectivity index (χ3v) is 3.73. The van der Waals surface area contributed by atoms with Crippen molar-refractivity contribution in [2.45, 2.75) is 6.10 Å². The lowest BCUT2D eigenvalue weighted by molar-refractivity contribution is 0.176. The summed E-state index contributed by atoms with van der Waals surface area (Å²) in [5, 5.41) is 11.5. The molecule has 0 aliphatic carbocycles. The molecule has 1 atom stereocenters. The summed E-state index contributed by atoms with van der Waals surface area (Å²) in [5.41, 5.74) is 6.16. The van der Waals surface area contributed by atoms with E-state index < -0.39 is 6.10 Å². The van der Waals surface area contributed by atoms with Gasteiger partial charge in [0.2, 0.25) is 0 Å². The van der Waals surface area contributed by atoms with Gasteiger partial charge in [-0.05, 0) is 28.1 Å². The molecule has 0 aromatic carbocycles. The van der Waals surface area contributed by atoms with Gasteiger partial charge < -0.3 is 10.8 Å². The Morgan fingerprint density at radius 3 is 3.00 bits per heavy atom. The molecule has 6 heteroatoms. The van der Waals surface area contributed by atoms with Gasteiger partial charge in [0.25, 0.3) is 0 Å². The summed E-state index contributed by atoms with van der Waals surface area (Å²) >= 11 is 4.97. The molecule has 2 aromatic rings. The Kier molecular flexibility index (Phi) is 3.65.